The normalized spacial score (nSPS) is 18.9. The first kappa shape index (κ1) is 14.1. The van der Waals surface area contributed by atoms with Gasteiger partial charge in [-0.1, -0.05) is 18.2 Å². The first-order valence-electron chi connectivity index (χ1n) is 7.12. The van der Waals surface area contributed by atoms with E-state index < -0.39 is 5.97 Å². The van der Waals surface area contributed by atoms with Crippen LogP contribution in [0.2, 0.25) is 0 Å². The molecule has 1 saturated heterocycles. The number of amides is 1. The highest BCUT2D eigenvalue weighted by Gasteiger charge is 2.27. The van der Waals surface area contributed by atoms with Gasteiger partial charge in [-0.2, -0.15) is 0 Å². The largest absolute Gasteiger partial charge is 0.481 e. The van der Waals surface area contributed by atoms with E-state index in [1.807, 2.05) is 34.5 Å². The molecule has 1 unspecified atom stereocenters. The minimum Gasteiger partial charge on any atom is -0.481 e. The number of nitrogens with zero attached hydrogens (tertiary/aromatic N) is 1. The van der Waals surface area contributed by atoms with Crippen LogP contribution in [0.25, 0.3) is 10.1 Å². The van der Waals surface area contributed by atoms with Crippen LogP contribution < -0.4 is 0 Å². The molecule has 0 saturated carbocycles. The van der Waals surface area contributed by atoms with Crippen molar-refractivity contribution in [3.8, 4) is 0 Å². The second-order valence-corrected chi connectivity index (χ2v) is 6.41. The maximum absolute atomic E-state index is 12.7. The lowest BCUT2D eigenvalue weighted by Crippen LogP contribution is -2.40. The van der Waals surface area contributed by atoms with Gasteiger partial charge in [-0.05, 0) is 24.8 Å². The minimum atomic E-state index is -0.782. The predicted octanol–water partition coefficient (Wildman–Crippen LogP) is 3.23. The van der Waals surface area contributed by atoms with Crippen molar-refractivity contribution in [1.29, 1.82) is 0 Å². The lowest BCUT2D eigenvalue weighted by atomic mass is 9.94. The summed E-state index contributed by atoms with van der Waals surface area (Å²) >= 11 is 1.58. The number of hydrogen-bond acceptors (Lipinski definition) is 3. The van der Waals surface area contributed by atoms with Crippen LogP contribution >= 0.6 is 11.3 Å². The number of carbonyl (C=O) groups is 2. The van der Waals surface area contributed by atoms with Gasteiger partial charge in [-0.15, -0.1) is 11.3 Å². The summed E-state index contributed by atoms with van der Waals surface area (Å²) in [4.78, 5) is 25.3. The van der Waals surface area contributed by atoms with Crippen molar-refractivity contribution in [2.24, 2.45) is 5.92 Å². The zero-order valence-electron chi connectivity index (χ0n) is 11.6. The number of hydrogen-bond donors (Lipinski definition) is 1. The maximum atomic E-state index is 12.7. The fourth-order valence-electron chi connectivity index (χ4n) is 2.98. The van der Waals surface area contributed by atoms with E-state index >= 15 is 0 Å². The molecule has 1 atom stereocenters. The monoisotopic (exact) mass is 303 g/mol. The van der Waals surface area contributed by atoms with Crippen LogP contribution in [0.15, 0.2) is 29.6 Å². The number of likely N-dealkylation sites (tertiary alicyclic amines) is 1. The highest BCUT2D eigenvalue weighted by molar-refractivity contribution is 7.17. The second-order valence-electron chi connectivity index (χ2n) is 5.50. The van der Waals surface area contributed by atoms with E-state index in [1.165, 1.54) is 0 Å². The van der Waals surface area contributed by atoms with E-state index in [2.05, 4.69) is 0 Å². The Labute approximate surface area is 127 Å². The van der Waals surface area contributed by atoms with E-state index in [1.54, 1.807) is 11.3 Å². The number of carbonyl (C=O) groups excluding carboxylic acids is 1. The van der Waals surface area contributed by atoms with Gasteiger partial charge >= 0.3 is 5.97 Å². The number of fused-ring (bicyclic) bond motifs is 1. The second kappa shape index (κ2) is 5.85. The van der Waals surface area contributed by atoms with Gasteiger partial charge < -0.3 is 10.0 Å². The Morgan fingerprint density at radius 3 is 2.95 bits per heavy atom. The Hall–Kier alpha value is -1.88. The van der Waals surface area contributed by atoms with Crippen LogP contribution in [0, 0.1) is 5.92 Å². The highest BCUT2D eigenvalue weighted by Crippen LogP contribution is 2.28. The third-order valence-corrected chi connectivity index (χ3v) is 4.94. The summed E-state index contributed by atoms with van der Waals surface area (Å²) in [6.45, 7) is 1.27. The van der Waals surface area contributed by atoms with E-state index in [-0.39, 0.29) is 18.2 Å². The fourth-order valence-corrected chi connectivity index (χ4v) is 3.91. The quantitative estimate of drug-likeness (QED) is 0.947. The van der Waals surface area contributed by atoms with E-state index in [0.29, 0.717) is 6.54 Å². The molecule has 4 nitrogen and oxygen atoms in total. The van der Waals surface area contributed by atoms with Crippen LogP contribution in [-0.2, 0) is 4.79 Å². The third-order valence-electron chi connectivity index (χ3n) is 3.98. The van der Waals surface area contributed by atoms with Gasteiger partial charge in [-0.3, -0.25) is 9.59 Å². The molecular formula is C16H17NO3S. The van der Waals surface area contributed by atoms with Crippen molar-refractivity contribution < 1.29 is 14.7 Å². The van der Waals surface area contributed by atoms with Crippen molar-refractivity contribution in [2.45, 2.75) is 19.3 Å². The number of carboxylic acids is 1. The topological polar surface area (TPSA) is 57.6 Å². The molecule has 0 aliphatic carbocycles. The van der Waals surface area contributed by atoms with Gasteiger partial charge in [0.1, 0.15) is 0 Å². The molecule has 1 amide bonds. The smallest absolute Gasteiger partial charge is 0.303 e. The van der Waals surface area contributed by atoms with Crippen molar-refractivity contribution in [2.75, 3.05) is 13.1 Å². The molecule has 1 aliphatic rings. The molecule has 21 heavy (non-hydrogen) atoms. The van der Waals surface area contributed by atoms with Crippen LogP contribution in [-0.4, -0.2) is 35.0 Å². The molecular weight excluding hydrogens is 286 g/mol. The number of thiophene rings is 1. The number of carboxylic acid groups (broad SMARTS) is 1. The summed E-state index contributed by atoms with van der Waals surface area (Å²) in [5.74, 6) is -0.678. The van der Waals surface area contributed by atoms with Crippen LogP contribution in [0.3, 0.4) is 0 Å². The summed E-state index contributed by atoms with van der Waals surface area (Å²) in [5, 5.41) is 11.8. The number of benzene rings is 1. The summed E-state index contributed by atoms with van der Waals surface area (Å²) in [7, 11) is 0. The molecule has 1 aromatic heterocycles. The Morgan fingerprint density at radius 2 is 2.14 bits per heavy atom. The first-order valence-corrected chi connectivity index (χ1v) is 8.00. The molecule has 0 spiro atoms. The molecule has 1 fully saturated rings. The zero-order chi connectivity index (χ0) is 14.8. The Balaban J connectivity index is 1.80. The zero-order valence-corrected chi connectivity index (χ0v) is 12.4. The van der Waals surface area contributed by atoms with Gasteiger partial charge in [0, 0.05) is 35.0 Å². The maximum Gasteiger partial charge on any atom is 0.303 e. The SMILES string of the molecule is O=C(O)CC1CCCN(C(=O)c2csc3ccccc23)C1. The van der Waals surface area contributed by atoms with Crippen molar-refractivity contribution in [3.05, 3.63) is 35.2 Å². The lowest BCUT2D eigenvalue weighted by Gasteiger charge is -2.32. The first-order chi connectivity index (χ1) is 10.1. The summed E-state index contributed by atoms with van der Waals surface area (Å²) in [6.07, 6.45) is 1.92. The van der Waals surface area contributed by atoms with E-state index in [9.17, 15) is 9.59 Å². The summed E-state index contributed by atoms with van der Waals surface area (Å²) in [6, 6.07) is 7.89. The van der Waals surface area contributed by atoms with Gasteiger partial charge in [-0.25, -0.2) is 0 Å². The molecule has 1 N–H and O–H groups in total. The fraction of sp³-hybridized carbons (Fsp3) is 0.375. The van der Waals surface area contributed by atoms with Crippen LogP contribution in [0.4, 0.5) is 0 Å². The molecule has 1 aromatic carbocycles. The standard InChI is InChI=1S/C16H17NO3S/c18-15(19)8-11-4-3-7-17(9-11)16(20)13-10-21-14-6-2-1-5-12(13)14/h1-2,5-6,10-11H,3-4,7-9H2,(H,18,19). The number of rotatable bonds is 3. The Bertz CT molecular complexity index is 679. The molecule has 2 heterocycles. The van der Waals surface area contributed by atoms with Crippen molar-refractivity contribution >= 4 is 33.3 Å². The van der Waals surface area contributed by atoms with Gasteiger partial charge in [0.05, 0.1) is 5.56 Å². The molecule has 3 rings (SSSR count). The molecule has 2 aromatic rings. The lowest BCUT2D eigenvalue weighted by molar-refractivity contribution is -0.138. The van der Waals surface area contributed by atoms with Gasteiger partial charge in [0.15, 0.2) is 0 Å². The van der Waals surface area contributed by atoms with Crippen molar-refractivity contribution in [1.82, 2.24) is 4.90 Å². The number of aliphatic carboxylic acids is 1. The minimum absolute atomic E-state index is 0.0301. The van der Waals surface area contributed by atoms with Crippen LogP contribution in [0.5, 0.6) is 0 Å². The van der Waals surface area contributed by atoms with Crippen molar-refractivity contribution in [3.63, 3.8) is 0 Å². The molecule has 110 valence electrons. The Kier molecular flexibility index (Phi) is 3.92. The van der Waals surface area contributed by atoms with E-state index in [0.717, 1.165) is 35.0 Å². The van der Waals surface area contributed by atoms with Crippen LogP contribution in [0.1, 0.15) is 29.6 Å². The molecule has 1 aliphatic heterocycles. The van der Waals surface area contributed by atoms with E-state index in [4.69, 9.17) is 5.11 Å². The molecule has 0 radical (unpaired) electrons. The summed E-state index contributed by atoms with van der Waals surface area (Å²) in [5.41, 5.74) is 0.742. The molecule has 5 heteroatoms. The summed E-state index contributed by atoms with van der Waals surface area (Å²) < 4.78 is 1.11. The van der Waals surface area contributed by atoms with Gasteiger partial charge in [0.25, 0.3) is 5.91 Å². The average Bonchev–Trinajstić information content (AvgIpc) is 2.90. The highest BCUT2D eigenvalue weighted by atomic mass is 32.1. The Morgan fingerprint density at radius 1 is 1.33 bits per heavy atom. The van der Waals surface area contributed by atoms with Gasteiger partial charge in [0.2, 0.25) is 0 Å². The third kappa shape index (κ3) is 2.93. The average molecular weight is 303 g/mol. The molecule has 0 bridgehead atoms. The predicted molar refractivity (Wildman–Crippen MR) is 82.7 cm³/mol. The number of piperidine rings is 1.